The van der Waals surface area contributed by atoms with Crippen molar-refractivity contribution >= 4 is 27.8 Å². The van der Waals surface area contributed by atoms with Crippen LogP contribution in [0.1, 0.15) is 15.9 Å². The second-order valence-corrected chi connectivity index (χ2v) is 7.27. The van der Waals surface area contributed by atoms with Gasteiger partial charge in [-0.1, -0.05) is 54.6 Å². The predicted octanol–water partition coefficient (Wildman–Crippen LogP) is 3.25. The van der Waals surface area contributed by atoms with Crippen molar-refractivity contribution in [1.82, 2.24) is 4.83 Å². The van der Waals surface area contributed by atoms with Gasteiger partial charge < -0.3 is 5.32 Å². The lowest BCUT2D eigenvalue weighted by molar-refractivity contribution is 0.102. The lowest BCUT2D eigenvalue weighted by atomic mass is 10.2. The third-order valence-electron chi connectivity index (χ3n) is 3.62. The summed E-state index contributed by atoms with van der Waals surface area (Å²) in [6.45, 7) is 0. The number of nitrogens with zero attached hydrogens (tertiary/aromatic N) is 1. The van der Waals surface area contributed by atoms with E-state index < -0.39 is 15.9 Å². The topological polar surface area (TPSA) is 87.6 Å². The smallest absolute Gasteiger partial charge is 0.276 e. The Hall–Kier alpha value is -3.45. The summed E-state index contributed by atoms with van der Waals surface area (Å²) in [5.41, 5.74) is 1.62. The van der Waals surface area contributed by atoms with Crippen molar-refractivity contribution in [2.75, 3.05) is 5.32 Å². The Kier molecular flexibility index (Phi) is 5.63. The second kappa shape index (κ2) is 8.29. The number of nitrogens with one attached hydrogen (secondary N) is 2. The third-order valence-corrected chi connectivity index (χ3v) is 4.84. The first-order valence-electron chi connectivity index (χ1n) is 8.11. The highest BCUT2D eigenvalue weighted by Crippen LogP contribution is 2.14. The van der Waals surface area contributed by atoms with Crippen LogP contribution in [0.2, 0.25) is 0 Å². The van der Waals surface area contributed by atoms with Gasteiger partial charge in [0.1, 0.15) is 0 Å². The SMILES string of the molecule is O=C(Nc1ccccc1)c1cccc(S(=O)(=O)NN=Cc2ccccc2)c1. The van der Waals surface area contributed by atoms with Gasteiger partial charge in [0.2, 0.25) is 0 Å². The highest BCUT2D eigenvalue weighted by Gasteiger charge is 2.15. The van der Waals surface area contributed by atoms with Crippen LogP contribution in [-0.4, -0.2) is 20.5 Å². The largest absolute Gasteiger partial charge is 0.322 e. The van der Waals surface area contributed by atoms with E-state index in [1.165, 1.54) is 24.4 Å². The minimum Gasteiger partial charge on any atom is -0.322 e. The predicted molar refractivity (Wildman–Crippen MR) is 105 cm³/mol. The molecule has 0 saturated heterocycles. The first kappa shape index (κ1) is 18.3. The maximum atomic E-state index is 12.4. The molecule has 0 aliphatic rings. The molecule has 7 heteroatoms. The first-order chi connectivity index (χ1) is 13.0. The molecule has 1 amide bonds. The van der Waals surface area contributed by atoms with Crippen LogP contribution in [0.15, 0.2) is 94.9 Å². The maximum absolute atomic E-state index is 12.4. The van der Waals surface area contributed by atoms with Gasteiger partial charge in [0.05, 0.1) is 11.1 Å². The fourth-order valence-corrected chi connectivity index (χ4v) is 3.13. The van der Waals surface area contributed by atoms with E-state index >= 15 is 0 Å². The van der Waals surface area contributed by atoms with Crippen molar-refractivity contribution < 1.29 is 13.2 Å². The Morgan fingerprint density at radius 2 is 1.52 bits per heavy atom. The number of anilines is 1. The molecular weight excluding hydrogens is 362 g/mol. The number of amides is 1. The summed E-state index contributed by atoms with van der Waals surface area (Å²) in [4.78, 5) is 14.4. The monoisotopic (exact) mass is 379 g/mol. The third kappa shape index (κ3) is 5.02. The molecule has 0 atom stereocenters. The number of hydrogen-bond donors (Lipinski definition) is 2. The molecule has 0 radical (unpaired) electrons. The molecule has 0 aromatic heterocycles. The van der Waals surface area contributed by atoms with Gasteiger partial charge in [0, 0.05) is 11.3 Å². The molecule has 2 N–H and O–H groups in total. The van der Waals surface area contributed by atoms with Gasteiger partial charge in [0.25, 0.3) is 15.9 Å². The van der Waals surface area contributed by atoms with Crippen molar-refractivity contribution in [3.63, 3.8) is 0 Å². The molecule has 136 valence electrons. The van der Waals surface area contributed by atoms with Crippen molar-refractivity contribution in [1.29, 1.82) is 0 Å². The van der Waals surface area contributed by atoms with Crippen molar-refractivity contribution in [3.8, 4) is 0 Å². The summed E-state index contributed by atoms with van der Waals surface area (Å²) in [5.74, 6) is -0.397. The molecular formula is C20H17N3O3S. The van der Waals surface area contributed by atoms with Crippen LogP contribution >= 0.6 is 0 Å². The van der Waals surface area contributed by atoms with Crippen LogP contribution in [0.4, 0.5) is 5.69 Å². The number of hydrazone groups is 1. The van der Waals surface area contributed by atoms with Gasteiger partial charge in [-0.25, -0.2) is 4.83 Å². The molecule has 3 rings (SSSR count). The molecule has 3 aromatic rings. The van der Waals surface area contributed by atoms with E-state index in [1.807, 2.05) is 24.3 Å². The molecule has 0 fully saturated rings. The lowest BCUT2D eigenvalue weighted by Crippen LogP contribution is -2.19. The summed E-state index contributed by atoms with van der Waals surface area (Å²) in [6.07, 6.45) is 1.41. The van der Waals surface area contributed by atoms with Crippen LogP contribution in [-0.2, 0) is 10.0 Å². The second-order valence-electron chi connectivity index (χ2n) is 5.61. The minimum atomic E-state index is -3.89. The quantitative estimate of drug-likeness (QED) is 0.509. The average Bonchev–Trinajstić information content (AvgIpc) is 2.69. The van der Waals surface area contributed by atoms with E-state index in [4.69, 9.17) is 0 Å². The van der Waals surface area contributed by atoms with E-state index in [2.05, 4.69) is 15.2 Å². The minimum absolute atomic E-state index is 0.0478. The number of para-hydroxylation sites is 1. The van der Waals surface area contributed by atoms with Crippen LogP contribution < -0.4 is 10.1 Å². The molecule has 3 aromatic carbocycles. The normalized spacial score (nSPS) is 11.3. The van der Waals surface area contributed by atoms with Crippen LogP contribution in [0.5, 0.6) is 0 Å². The average molecular weight is 379 g/mol. The fourth-order valence-electron chi connectivity index (χ4n) is 2.29. The number of sulfonamides is 1. The summed E-state index contributed by atoms with van der Waals surface area (Å²) in [6, 6.07) is 23.8. The summed E-state index contributed by atoms with van der Waals surface area (Å²) in [7, 11) is -3.89. The van der Waals surface area contributed by atoms with E-state index in [-0.39, 0.29) is 10.5 Å². The molecule has 27 heavy (non-hydrogen) atoms. The van der Waals surface area contributed by atoms with E-state index in [0.717, 1.165) is 5.56 Å². The zero-order valence-corrected chi connectivity index (χ0v) is 15.1. The Labute approximate surface area is 157 Å². The van der Waals surface area contributed by atoms with Crippen molar-refractivity contribution in [3.05, 3.63) is 96.1 Å². The van der Waals surface area contributed by atoms with E-state index in [0.29, 0.717) is 5.69 Å². The van der Waals surface area contributed by atoms with E-state index in [9.17, 15) is 13.2 Å². The van der Waals surface area contributed by atoms with Crippen molar-refractivity contribution in [2.24, 2.45) is 5.10 Å². The molecule has 0 unspecified atom stereocenters. The van der Waals surface area contributed by atoms with Crippen LogP contribution in [0.25, 0.3) is 0 Å². The molecule has 0 aliphatic carbocycles. The first-order valence-corrected chi connectivity index (χ1v) is 9.59. The highest BCUT2D eigenvalue weighted by molar-refractivity contribution is 7.89. The summed E-state index contributed by atoms with van der Waals surface area (Å²) >= 11 is 0. The maximum Gasteiger partial charge on any atom is 0.276 e. The lowest BCUT2D eigenvalue weighted by Gasteiger charge is -2.07. The fraction of sp³-hybridized carbons (Fsp3) is 0. The van der Waals surface area contributed by atoms with E-state index in [1.54, 1.807) is 42.5 Å². The number of hydrogen-bond acceptors (Lipinski definition) is 4. The van der Waals surface area contributed by atoms with Gasteiger partial charge in [0.15, 0.2) is 0 Å². The number of carbonyl (C=O) groups excluding carboxylic acids is 1. The number of rotatable bonds is 6. The molecule has 0 bridgehead atoms. The van der Waals surface area contributed by atoms with Gasteiger partial charge in [-0.05, 0) is 35.9 Å². The molecule has 0 spiro atoms. The van der Waals surface area contributed by atoms with Gasteiger partial charge >= 0.3 is 0 Å². The van der Waals surface area contributed by atoms with Gasteiger partial charge in [-0.2, -0.15) is 13.5 Å². The van der Waals surface area contributed by atoms with Gasteiger partial charge in [-0.15, -0.1) is 0 Å². The molecule has 0 aliphatic heterocycles. The van der Waals surface area contributed by atoms with Crippen LogP contribution in [0.3, 0.4) is 0 Å². The van der Waals surface area contributed by atoms with Crippen LogP contribution in [0, 0.1) is 0 Å². The number of carbonyl (C=O) groups is 1. The number of benzene rings is 3. The Balaban J connectivity index is 1.73. The zero-order valence-electron chi connectivity index (χ0n) is 14.2. The highest BCUT2D eigenvalue weighted by atomic mass is 32.2. The zero-order chi connectivity index (χ0) is 19.1. The molecule has 0 saturated carbocycles. The summed E-state index contributed by atoms with van der Waals surface area (Å²) in [5, 5.41) is 6.49. The molecule has 0 heterocycles. The van der Waals surface area contributed by atoms with Crippen molar-refractivity contribution in [2.45, 2.75) is 4.90 Å². The Morgan fingerprint density at radius 1 is 0.852 bits per heavy atom. The Bertz CT molecular complexity index is 1050. The summed E-state index contributed by atoms with van der Waals surface area (Å²) < 4.78 is 24.8. The van der Waals surface area contributed by atoms with Gasteiger partial charge in [-0.3, -0.25) is 4.79 Å². The standard InChI is InChI=1S/C20H17N3O3S/c24-20(22-18-11-5-2-6-12-18)17-10-7-13-19(14-17)27(25,26)23-21-15-16-8-3-1-4-9-16/h1-15,23H,(H,22,24). The Morgan fingerprint density at radius 3 is 2.22 bits per heavy atom. The molecule has 6 nitrogen and oxygen atoms in total.